The number of nitrogens with one attached hydrogen (secondary N) is 1. The molecule has 1 saturated heterocycles. The van der Waals surface area contributed by atoms with Crippen LogP contribution in [0.25, 0.3) is 0 Å². The average Bonchev–Trinajstić information content (AvgIpc) is 2.97. The first-order valence-electron chi connectivity index (χ1n) is 7.56. The molecule has 2 atom stereocenters. The lowest BCUT2D eigenvalue weighted by atomic mass is 10.1. The van der Waals surface area contributed by atoms with Crippen LogP contribution in [-0.4, -0.2) is 50.2 Å². The van der Waals surface area contributed by atoms with Gasteiger partial charge in [0, 0.05) is 13.2 Å². The second-order valence-corrected chi connectivity index (χ2v) is 5.41. The molecule has 0 amide bonds. The van der Waals surface area contributed by atoms with Crippen molar-refractivity contribution >= 4 is 0 Å². The third kappa shape index (κ3) is 6.52. The lowest BCUT2D eigenvalue weighted by molar-refractivity contribution is -0.0163. The molecule has 0 spiro atoms. The quantitative estimate of drug-likeness (QED) is 0.679. The van der Waals surface area contributed by atoms with Gasteiger partial charge in [-0.3, -0.25) is 0 Å². The molecule has 1 aromatic rings. The standard InChI is InChI=1S/C16H24FNO3/c17-14-4-1-3-13(9-14)6-7-18-10-15(19)11-20-12-16-5-2-8-21-16/h1,3-4,9,15-16,18-19H,2,5-8,10-12H2. The molecule has 0 aromatic heterocycles. The normalized spacial score (nSPS) is 19.8. The molecule has 118 valence electrons. The molecule has 1 aliphatic rings. The second-order valence-electron chi connectivity index (χ2n) is 5.41. The number of rotatable bonds is 9. The van der Waals surface area contributed by atoms with Crippen LogP contribution in [0.15, 0.2) is 24.3 Å². The number of aliphatic hydroxyl groups is 1. The van der Waals surface area contributed by atoms with Crippen molar-refractivity contribution in [2.45, 2.75) is 31.5 Å². The van der Waals surface area contributed by atoms with Crippen molar-refractivity contribution in [1.82, 2.24) is 5.32 Å². The Labute approximate surface area is 125 Å². The molecule has 1 aliphatic heterocycles. The summed E-state index contributed by atoms with van der Waals surface area (Å²) in [7, 11) is 0. The lowest BCUT2D eigenvalue weighted by Gasteiger charge is -2.14. The zero-order valence-electron chi connectivity index (χ0n) is 12.3. The Morgan fingerprint density at radius 2 is 2.38 bits per heavy atom. The SMILES string of the molecule is OC(CNCCc1cccc(F)c1)COCC1CCCO1. The van der Waals surface area contributed by atoms with Crippen molar-refractivity contribution in [3.05, 3.63) is 35.6 Å². The molecule has 1 aromatic carbocycles. The van der Waals surface area contributed by atoms with Gasteiger partial charge in [0.05, 0.1) is 25.4 Å². The molecular weight excluding hydrogens is 273 g/mol. The van der Waals surface area contributed by atoms with Crippen LogP contribution in [0.5, 0.6) is 0 Å². The van der Waals surface area contributed by atoms with E-state index in [1.807, 2.05) is 6.07 Å². The molecule has 4 nitrogen and oxygen atoms in total. The van der Waals surface area contributed by atoms with E-state index >= 15 is 0 Å². The average molecular weight is 297 g/mol. The third-order valence-electron chi connectivity index (χ3n) is 3.50. The summed E-state index contributed by atoms with van der Waals surface area (Å²) in [5.74, 6) is -0.213. The van der Waals surface area contributed by atoms with E-state index in [9.17, 15) is 9.50 Å². The maximum Gasteiger partial charge on any atom is 0.123 e. The maximum absolute atomic E-state index is 13.0. The fraction of sp³-hybridized carbons (Fsp3) is 0.625. The third-order valence-corrected chi connectivity index (χ3v) is 3.50. The minimum Gasteiger partial charge on any atom is -0.389 e. The summed E-state index contributed by atoms with van der Waals surface area (Å²) >= 11 is 0. The minimum absolute atomic E-state index is 0.193. The first-order chi connectivity index (χ1) is 10.2. The Balaban J connectivity index is 1.49. The highest BCUT2D eigenvalue weighted by atomic mass is 19.1. The highest BCUT2D eigenvalue weighted by molar-refractivity contribution is 5.16. The van der Waals surface area contributed by atoms with E-state index in [2.05, 4.69) is 5.32 Å². The molecular formula is C16H24FNO3. The summed E-state index contributed by atoms with van der Waals surface area (Å²) in [4.78, 5) is 0. The fourth-order valence-corrected chi connectivity index (χ4v) is 2.36. The van der Waals surface area contributed by atoms with Crippen molar-refractivity contribution in [1.29, 1.82) is 0 Å². The van der Waals surface area contributed by atoms with E-state index < -0.39 is 6.10 Å². The summed E-state index contributed by atoms with van der Waals surface area (Å²) < 4.78 is 23.9. The first kappa shape index (κ1) is 16.4. The summed E-state index contributed by atoms with van der Waals surface area (Å²) in [6.07, 6.45) is 2.54. The number of ether oxygens (including phenoxy) is 2. The molecule has 5 heteroatoms. The van der Waals surface area contributed by atoms with Gasteiger partial charge >= 0.3 is 0 Å². The van der Waals surface area contributed by atoms with Crippen molar-refractivity contribution in [2.75, 3.05) is 32.9 Å². The predicted molar refractivity (Wildman–Crippen MR) is 78.8 cm³/mol. The van der Waals surface area contributed by atoms with Gasteiger partial charge in [-0.25, -0.2) is 4.39 Å². The zero-order valence-corrected chi connectivity index (χ0v) is 12.3. The van der Waals surface area contributed by atoms with Crippen LogP contribution in [0, 0.1) is 5.82 Å². The van der Waals surface area contributed by atoms with E-state index in [1.165, 1.54) is 12.1 Å². The Bertz CT molecular complexity index is 410. The summed E-state index contributed by atoms with van der Waals surface area (Å²) in [6.45, 7) is 2.86. The largest absolute Gasteiger partial charge is 0.389 e. The monoisotopic (exact) mass is 297 g/mol. The van der Waals surface area contributed by atoms with Crippen LogP contribution in [0.4, 0.5) is 4.39 Å². The van der Waals surface area contributed by atoms with Gasteiger partial charge in [0.1, 0.15) is 5.82 Å². The molecule has 2 N–H and O–H groups in total. The topological polar surface area (TPSA) is 50.7 Å². The number of benzene rings is 1. The van der Waals surface area contributed by atoms with E-state index in [1.54, 1.807) is 6.07 Å². The van der Waals surface area contributed by atoms with Gasteiger partial charge in [-0.05, 0) is 43.5 Å². The molecule has 0 bridgehead atoms. The van der Waals surface area contributed by atoms with Crippen LogP contribution in [0.1, 0.15) is 18.4 Å². The number of hydrogen-bond donors (Lipinski definition) is 2. The summed E-state index contributed by atoms with van der Waals surface area (Å²) in [6, 6.07) is 6.57. The van der Waals surface area contributed by atoms with E-state index in [0.717, 1.165) is 31.4 Å². The number of aliphatic hydroxyl groups excluding tert-OH is 1. The maximum atomic E-state index is 13.0. The molecule has 1 fully saturated rings. The van der Waals surface area contributed by atoms with Gasteiger partial charge in [0.2, 0.25) is 0 Å². The highest BCUT2D eigenvalue weighted by Gasteiger charge is 2.15. The van der Waals surface area contributed by atoms with Crippen molar-refractivity contribution in [2.24, 2.45) is 0 Å². The van der Waals surface area contributed by atoms with Gasteiger partial charge in [0.15, 0.2) is 0 Å². The van der Waals surface area contributed by atoms with Gasteiger partial charge in [0.25, 0.3) is 0 Å². The molecule has 0 aliphatic carbocycles. The molecule has 2 unspecified atom stereocenters. The summed E-state index contributed by atoms with van der Waals surface area (Å²) in [5, 5.41) is 12.9. The van der Waals surface area contributed by atoms with Crippen LogP contribution >= 0.6 is 0 Å². The van der Waals surface area contributed by atoms with E-state index in [-0.39, 0.29) is 11.9 Å². The Morgan fingerprint density at radius 3 is 3.14 bits per heavy atom. The molecule has 21 heavy (non-hydrogen) atoms. The van der Waals surface area contributed by atoms with Crippen molar-refractivity contribution in [3.63, 3.8) is 0 Å². The van der Waals surface area contributed by atoms with E-state index in [4.69, 9.17) is 9.47 Å². The minimum atomic E-state index is -0.529. The Kier molecular flexibility index (Phi) is 7.09. The van der Waals surface area contributed by atoms with Crippen LogP contribution in [0.2, 0.25) is 0 Å². The number of halogens is 1. The molecule has 2 rings (SSSR count). The van der Waals surface area contributed by atoms with Gasteiger partial charge in [-0.2, -0.15) is 0 Å². The van der Waals surface area contributed by atoms with Crippen molar-refractivity contribution in [3.8, 4) is 0 Å². The smallest absolute Gasteiger partial charge is 0.123 e. The second kappa shape index (κ2) is 9.10. The lowest BCUT2D eigenvalue weighted by Crippen LogP contribution is -2.32. The Morgan fingerprint density at radius 1 is 1.48 bits per heavy atom. The van der Waals surface area contributed by atoms with Gasteiger partial charge in [-0.1, -0.05) is 12.1 Å². The fourth-order valence-electron chi connectivity index (χ4n) is 2.36. The summed E-state index contributed by atoms with van der Waals surface area (Å²) in [5.41, 5.74) is 0.951. The first-order valence-corrected chi connectivity index (χ1v) is 7.56. The number of hydrogen-bond acceptors (Lipinski definition) is 4. The van der Waals surface area contributed by atoms with Gasteiger partial charge in [-0.15, -0.1) is 0 Å². The van der Waals surface area contributed by atoms with Gasteiger partial charge < -0.3 is 19.9 Å². The van der Waals surface area contributed by atoms with Crippen LogP contribution in [-0.2, 0) is 15.9 Å². The zero-order chi connectivity index (χ0) is 14.9. The molecule has 1 heterocycles. The van der Waals surface area contributed by atoms with Crippen LogP contribution < -0.4 is 5.32 Å². The highest BCUT2D eigenvalue weighted by Crippen LogP contribution is 2.11. The molecule has 0 radical (unpaired) electrons. The van der Waals surface area contributed by atoms with Crippen molar-refractivity contribution < 1.29 is 19.0 Å². The predicted octanol–water partition coefficient (Wildman–Crippen LogP) is 1.51. The Hall–Kier alpha value is -1.01. The van der Waals surface area contributed by atoms with Crippen LogP contribution in [0.3, 0.4) is 0 Å². The molecule has 0 saturated carbocycles. The van der Waals surface area contributed by atoms with E-state index in [0.29, 0.717) is 26.3 Å².